The monoisotopic (exact) mass is 359 g/mol. The molecule has 6 nitrogen and oxygen atoms in total. The molecule has 0 spiro atoms. The average molecular weight is 359 g/mol. The van der Waals surface area contributed by atoms with Crippen molar-refractivity contribution in [1.29, 1.82) is 0 Å². The van der Waals surface area contributed by atoms with Gasteiger partial charge in [0, 0.05) is 17.6 Å². The first-order chi connectivity index (χ1) is 12.4. The van der Waals surface area contributed by atoms with Gasteiger partial charge in [-0.2, -0.15) is 0 Å². The van der Waals surface area contributed by atoms with Crippen molar-refractivity contribution in [2.24, 2.45) is 5.92 Å². The van der Waals surface area contributed by atoms with Crippen LogP contribution in [0.1, 0.15) is 45.1 Å². The number of nitrogens with one attached hydrogen (secondary N) is 2. The number of nitrogens with zero attached hydrogens (tertiary/aromatic N) is 1. The van der Waals surface area contributed by atoms with Gasteiger partial charge in [0.25, 0.3) is 0 Å². The van der Waals surface area contributed by atoms with Gasteiger partial charge in [0.15, 0.2) is 0 Å². The fourth-order valence-corrected chi connectivity index (χ4v) is 2.96. The Kier molecular flexibility index (Phi) is 7.18. The number of amides is 3. The number of hydrogen-bond acceptors (Lipinski definition) is 3. The van der Waals surface area contributed by atoms with Crippen LogP contribution in [0.2, 0.25) is 0 Å². The van der Waals surface area contributed by atoms with E-state index in [0.29, 0.717) is 5.69 Å². The third-order valence-electron chi connectivity index (χ3n) is 4.67. The summed E-state index contributed by atoms with van der Waals surface area (Å²) in [5, 5.41) is 5.37. The number of anilines is 1. The minimum Gasteiger partial charge on any atom is -0.345 e. The first kappa shape index (κ1) is 19.9. The summed E-state index contributed by atoms with van der Waals surface area (Å²) < 4.78 is 0. The van der Waals surface area contributed by atoms with Crippen molar-refractivity contribution in [3.63, 3.8) is 0 Å². The average Bonchev–Trinajstić information content (AvgIpc) is 3.43. The number of hydrogen-bond donors (Lipinski definition) is 2. The Balaban J connectivity index is 1.82. The van der Waals surface area contributed by atoms with Crippen molar-refractivity contribution >= 4 is 23.4 Å². The molecule has 26 heavy (non-hydrogen) atoms. The minimum atomic E-state index is -0.296. The van der Waals surface area contributed by atoms with Gasteiger partial charge in [-0.25, -0.2) is 0 Å². The van der Waals surface area contributed by atoms with Crippen LogP contribution in [-0.4, -0.2) is 41.8 Å². The molecular formula is C20H29N3O3. The summed E-state index contributed by atoms with van der Waals surface area (Å²) in [4.78, 5) is 38.5. The van der Waals surface area contributed by atoms with Crippen LogP contribution in [-0.2, 0) is 14.4 Å². The molecule has 1 fully saturated rings. The summed E-state index contributed by atoms with van der Waals surface area (Å²) in [6, 6.07) is 7.65. The summed E-state index contributed by atoms with van der Waals surface area (Å²) >= 11 is 0. The number of aryl methyl sites for hydroxylation is 1. The van der Waals surface area contributed by atoms with Gasteiger partial charge in [0.05, 0.1) is 13.1 Å². The predicted molar refractivity (Wildman–Crippen MR) is 102 cm³/mol. The van der Waals surface area contributed by atoms with Crippen LogP contribution in [0, 0.1) is 12.8 Å². The molecule has 0 radical (unpaired) electrons. The lowest BCUT2D eigenvalue weighted by Gasteiger charge is -2.26. The molecular weight excluding hydrogens is 330 g/mol. The Morgan fingerprint density at radius 1 is 1.15 bits per heavy atom. The molecule has 1 aliphatic carbocycles. The Morgan fingerprint density at radius 3 is 2.42 bits per heavy atom. The van der Waals surface area contributed by atoms with Crippen LogP contribution < -0.4 is 10.6 Å². The second-order valence-electron chi connectivity index (χ2n) is 6.91. The van der Waals surface area contributed by atoms with Crippen LogP contribution >= 0.6 is 0 Å². The van der Waals surface area contributed by atoms with Crippen LogP contribution in [0.5, 0.6) is 0 Å². The summed E-state index contributed by atoms with van der Waals surface area (Å²) in [6.45, 7) is 5.85. The van der Waals surface area contributed by atoms with Crippen molar-refractivity contribution in [3.05, 3.63) is 29.8 Å². The van der Waals surface area contributed by atoms with E-state index in [9.17, 15) is 14.4 Å². The van der Waals surface area contributed by atoms with Crippen molar-refractivity contribution < 1.29 is 14.4 Å². The van der Waals surface area contributed by atoms with Gasteiger partial charge < -0.3 is 15.5 Å². The zero-order valence-corrected chi connectivity index (χ0v) is 15.9. The van der Waals surface area contributed by atoms with E-state index in [1.54, 1.807) is 11.0 Å². The highest BCUT2D eigenvalue weighted by atomic mass is 16.2. The molecule has 6 heteroatoms. The predicted octanol–water partition coefficient (Wildman–Crippen LogP) is 2.48. The zero-order chi connectivity index (χ0) is 19.1. The van der Waals surface area contributed by atoms with E-state index >= 15 is 0 Å². The first-order valence-corrected chi connectivity index (χ1v) is 9.38. The molecule has 0 unspecified atom stereocenters. The highest BCUT2D eigenvalue weighted by Gasteiger charge is 2.35. The summed E-state index contributed by atoms with van der Waals surface area (Å²) in [5.41, 5.74) is 1.75. The van der Waals surface area contributed by atoms with E-state index in [0.717, 1.165) is 31.2 Å². The molecule has 2 N–H and O–H groups in total. The molecule has 0 aliphatic heterocycles. The maximum atomic E-state index is 12.6. The van der Waals surface area contributed by atoms with E-state index in [4.69, 9.17) is 0 Å². The zero-order valence-electron chi connectivity index (χ0n) is 15.9. The Morgan fingerprint density at radius 2 is 1.85 bits per heavy atom. The van der Waals surface area contributed by atoms with Crippen LogP contribution in [0.15, 0.2) is 24.3 Å². The second kappa shape index (κ2) is 9.36. The van der Waals surface area contributed by atoms with E-state index < -0.39 is 0 Å². The molecule has 0 aromatic heterocycles. The third-order valence-corrected chi connectivity index (χ3v) is 4.67. The van der Waals surface area contributed by atoms with Gasteiger partial charge in [-0.1, -0.05) is 26.0 Å². The van der Waals surface area contributed by atoms with Gasteiger partial charge in [-0.05, 0) is 50.3 Å². The quantitative estimate of drug-likeness (QED) is 0.711. The topological polar surface area (TPSA) is 78.5 Å². The van der Waals surface area contributed by atoms with Crippen molar-refractivity contribution in [3.8, 4) is 0 Å². The number of carbonyl (C=O) groups excluding carboxylic acids is 3. The van der Waals surface area contributed by atoms with Crippen molar-refractivity contribution in [2.45, 2.75) is 52.5 Å². The van der Waals surface area contributed by atoms with Gasteiger partial charge in [-0.3, -0.25) is 14.4 Å². The molecule has 0 saturated heterocycles. The molecule has 1 aliphatic rings. The molecule has 2 rings (SSSR count). The molecule has 142 valence electrons. The van der Waals surface area contributed by atoms with Crippen LogP contribution in [0.4, 0.5) is 5.69 Å². The number of carbonyl (C=O) groups is 3. The smallest absolute Gasteiger partial charge is 0.243 e. The normalized spacial score (nSPS) is 13.4. The van der Waals surface area contributed by atoms with Crippen molar-refractivity contribution in [1.82, 2.24) is 10.2 Å². The molecule has 1 aromatic rings. The van der Waals surface area contributed by atoms with E-state index in [-0.39, 0.29) is 42.8 Å². The van der Waals surface area contributed by atoms with Crippen LogP contribution in [0.3, 0.4) is 0 Å². The Labute approximate surface area is 155 Å². The number of benzene rings is 1. The molecule has 0 atom stereocenters. The van der Waals surface area contributed by atoms with Gasteiger partial charge >= 0.3 is 0 Å². The van der Waals surface area contributed by atoms with E-state index in [1.165, 1.54) is 0 Å². The SMILES string of the molecule is CCC(CC)C(=O)N(CC(=O)NCC(=O)Nc1cccc(C)c1)C1CC1. The van der Waals surface area contributed by atoms with E-state index in [1.807, 2.05) is 39.0 Å². The fraction of sp³-hybridized carbons (Fsp3) is 0.550. The standard InChI is InChI=1S/C20H29N3O3/c1-4-15(5-2)20(26)23(17-9-10-17)13-19(25)21-12-18(24)22-16-8-6-7-14(3)11-16/h6-8,11,15,17H,4-5,9-10,12-13H2,1-3H3,(H,21,25)(H,22,24). The lowest BCUT2D eigenvalue weighted by Crippen LogP contribution is -2.45. The third kappa shape index (κ3) is 5.86. The highest BCUT2D eigenvalue weighted by Crippen LogP contribution is 2.29. The molecule has 3 amide bonds. The number of rotatable bonds is 9. The van der Waals surface area contributed by atoms with Gasteiger partial charge in [0.2, 0.25) is 17.7 Å². The maximum absolute atomic E-state index is 12.6. The summed E-state index contributed by atoms with van der Waals surface area (Å²) in [7, 11) is 0. The molecule has 1 saturated carbocycles. The Hall–Kier alpha value is -2.37. The summed E-state index contributed by atoms with van der Waals surface area (Å²) in [5.74, 6) is -0.561. The van der Waals surface area contributed by atoms with Gasteiger partial charge in [0.1, 0.15) is 0 Å². The molecule has 1 aromatic carbocycles. The summed E-state index contributed by atoms with van der Waals surface area (Å²) in [6.07, 6.45) is 3.46. The van der Waals surface area contributed by atoms with Crippen molar-refractivity contribution in [2.75, 3.05) is 18.4 Å². The largest absolute Gasteiger partial charge is 0.345 e. The fourth-order valence-electron chi connectivity index (χ4n) is 2.96. The first-order valence-electron chi connectivity index (χ1n) is 9.38. The maximum Gasteiger partial charge on any atom is 0.243 e. The van der Waals surface area contributed by atoms with E-state index in [2.05, 4.69) is 10.6 Å². The molecule has 0 bridgehead atoms. The molecule has 0 heterocycles. The lowest BCUT2D eigenvalue weighted by atomic mass is 10.0. The van der Waals surface area contributed by atoms with Gasteiger partial charge in [-0.15, -0.1) is 0 Å². The second-order valence-corrected chi connectivity index (χ2v) is 6.91. The minimum absolute atomic E-state index is 0.0255. The van der Waals surface area contributed by atoms with Crippen LogP contribution in [0.25, 0.3) is 0 Å². The Bertz CT molecular complexity index is 651. The lowest BCUT2D eigenvalue weighted by molar-refractivity contribution is -0.140. The highest BCUT2D eigenvalue weighted by molar-refractivity contribution is 5.95.